The Kier molecular flexibility index (Phi) is 4.23. The van der Waals surface area contributed by atoms with Gasteiger partial charge in [0.25, 0.3) is 0 Å². The van der Waals surface area contributed by atoms with Crippen molar-refractivity contribution in [1.29, 1.82) is 0 Å². The minimum atomic E-state index is 0.0670. The van der Waals surface area contributed by atoms with E-state index in [1.807, 2.05) is 12.1 Å². The largest absolute Gasteiger partial charge is 0.461 e. The number of hydrogen-bond acceptors (Lipinski definition) is 5. The van der Waals surface area contributed by atoms with Crippen molar-refractivity contribution in [3.8, 4) is 11.6 Å². The van der Waals surface area contributed by atoms with Crippen LogP contribution in [0.1, 0.15) is 40.7 Å². The summed E-state index contributed by atoms with van der Waals surface area (Å²) in [6.07, 6.45) is 1.61. The molecule has 1 atom stereocenters. The first-order chi connectivity index (χ1) is 9.37. The predicted octanol–water partition coefficient (Wildman–Crippen LogP) is 2.52. The van der Waals surface area contributed by atoms with Crippen LogP contribution in [0.2, 0.25) is 0 Å². The maximum absolute atomic E-state index is 5.29. The molecule has 0 bridgehead atoms. The molecule has 1 N–H and O–H groups in total. The van der Waals surface area contributed by atoms with E-state index in [9.17, 15) is 0 Å². The Morgan fingerprint density at radius 2 is 2.10 bits per heavy atom. The molecule has 0 aliphatic rings. The first kappa shape index (κ1) is 14.7. The molecular formula is C14H23N5O. The van der Waals surface area contributed by atoms with E-state index in [1.54, 1.807) is 11.1 Å². The molecule has 0 spiro atoms. The van der Waals surface area contributed by atoms with Crippen LogP contribution in [-0.4, -0.2) is 32.3 Å². The lowest BCUT2D eigenvalue weighted by atomic mass is 10.0. The van der Waals surface area contributed by atoms with Gasteiger partial charge in [-0.05, 0) is 44.0 Å². The molecule has 0 aliphatic carbocycles. The number of furan rings is 1. The molecular weight excluding hydrogens is 254 g/mol. The van der Waals surface area contributed by atoms with Gasteiger partial charge in [0, 0.05) is 12.1 Å². The fraction of sp³-hybridized carbons (Fsp3) is 0.643. The Balaban J connectivity index is 2.14. The van der Waals surface area contributed by atoms with Crippen molar-refractivity contribution in [2.45, 2.75) is 46.2 Å². The number of rotatable bonds is 5. The number of aromatic nitrogens is 4. The van der Waals surface area contributed by atoms with Gasteiger partial charge in [-0.25, -0.2) is 0 Å². The molecule has 110 valence electrons. The molecule has 0 aromatic carbocycles. The standard InChI is InChI=1S/C14H23N5O/c1-10(2)11(9-15-14(3,4)5)19-17-13(16-18-19)12-7-6-8-20-12/h6-8,10-11,15H,9H2,1-5H3. The van der Waals surface area contributed by atoms with E-state index < -0.39 is 0 Å². The van der Waals surface area contributed by atoms with E-state index in [0.29, 0.717) is 17.5 Å². The molecule has 6 nitrogen and oxygen atoms in total. The molecule has 0 aliphatic heterocycles. The smallest absolute Gasteiger partial charge is 0.240 e. The molecule has 6 heteroatoms. The van der Waals surface area contributed by atoms with Crippen molar-refractivity contribution >= 4 is 0 Å². The average molecular weight is 277 g/mol. The van der Waals surface area contributed by atoms with Crippen molar-refractivity contribution < 1.29 is 4.42 Å². The summed E-state index contributed by atoms with van der Waals surface area (Å²) < 4.78 is 5.29. The van der Waals surface area contributed by atoms with Crippen molar-refractivity contribution in [2.24, 2.45) is 5.92 Å². The Labute approximate surface area is 119 Å². The van der Waals surface area contributed by atoms with Gasteiger partial charge in [0.05, 0.1) is 12.3 Å². The average Bonchev–Trinajstić information content (AvgIpc) is 2.97. The summed E-state index contributed by atoms with van der Waals surface area (Å²) in [6.45, 7) is 11.6. The highest BCUT2D eigenvalue weighted by Crippen LogP contribution is 2.19. The number of tetrazole rings is 1. The second-order valence-corrected chi connectivity index (χ2v) is 6.35. The zero-order valence-corrected chi connectivity index (χ0v) is 12.8. The second-order valence-electron chi connectivity index (χ2n) is 6.35. The van der Waals surface area contributed by atoms with Gasteiger partial charge in [-0.1, -0.05) is 13.8 Å². The van der Waals surface area contributed by atoms with E-state index in [1.165, 1.54) is 0 Å². The summed E-state index contributed by atoms with van der Waals surface area (Å²) in [5.74, 6) is 1.57. The Morgan fingerprint density at radius 1 is 1.35 bits per heavy atom. The van der Waals surface area contributed by atoms with Crippen LogP contribution < -0.4 is 5.32 Å². The number of nitrogens with one attached hydrogen (secondary N) is 1. The zero-order chi connectivity index (χ0) is 14.8. The van der Waals surface area contributed by atoms with Crippen molar-refractivity contribution in [3.05, 3.63) is 18.4 Å². The first-order valence-electron chi connectivity index (χ1n) is 6.95. The summed E-state index contributed by atoms with van der Waals surface area (Å²) in [4.78, 5) is 1.68. The topological polar surface area (TPSA) is 68.8 Å². The molecule has 2 aromatic rings. The van der Waals surface area contributed by atoms with E-state index >= 15 is 0 Å². The maximum Gasteiger partial charge on any atom is 0.240 e. The lowest BCUT2D eigenvalue weighted by molar-refractivity contribution is 0.268. The van der Waals surface area contributed by atoms with Gasteiger partial charge >= 0.3 is 0 Å². The minimum absolute atomic E-state index is 0.0670. The predicted molar refractivity (Wildman–Crippen MR) is 77.1 cm³/mol. The monoisotopic (exact) mass is 277 g/mol. The fourth-order valence-electron chi connectivity index (χ4n) is 1.86. The van der Waals surface area contributed by atoms with Gasteiger partial charge in [0.2, 0.25) is 5.82 Å². The molecule has 1 unspecified atom stereocenters. The molecule has 2 heterocycles. The van der Waals surface area contributed by atoms with Crippen LogP contribution in [-0.2, 0) is 0 Å². The first-order valence-corrected chi connectivity index (χ1v) is 6.95. The van der Waals surface area contributed by atoms with Gasteiger partial charge in [-0.3, -0.25) is 0 Å². The third kappa shape index (κ3) is 3.66. The van der Waals surface area contributed by atoms with Crippen LogP contribution in [0, 0.1) is 5.92 Å². The molecule has 0 saturated heterocycles. The fourth-order valence-corrected chi connectivity index (χ4v) is 1.86. The highest BCUT2D eigenvalue weighted by atomic mass is 16.3. The molecule has 0 saturated carbocycles. The van der Waals surface area contributed by atoms with Crippen LogP contribution in [0.4, 0.5) is 0 Å². The SMILES string of the molecule is CC(C)C(CNC(C)(C)C)n1nnc(-c2ccco2)n1. The van der Waals surface area contributed by atoms with Crippen LogP contribution in [0.25, 0.3) is 11.6 Å². The molecule has 0 radical (unpaired) electrons. The Morgan fingerprint density at radius 3 is 2.65 bits per heavy atom. The van der Waals surface area contributed by atoms with Gasteiger partial charge in [0.1, 0.15) is 0 Å². The van der Waals surface area contributed by atoms with Crippen LogP contribution in [0.3, 0.4) is 0 Å². The lowest BCUT2D eigenvalue weighted by Crippen LogP contribution is -2.41. The molecule has 2 rings (SSSR count). The molecule has 0 fully saturated rings. The summed E-state index contributed by atoms with van der Waals surface area (Å²) in [6, 6.07) is 3.81. The van der Waals surface area contributed by atoms with Gasteiger partial charge < -0.3 is 9.73 Å². The van der Waals surface area contributed by atoms with Gasteiger partial charge in [-0.15, -0.1) is 10.2 Å². The summed E-state index contributed by atoms with van der Waals surface area (Å²) in [7, 11) is 0. The quantitative estimate of drug-likeness (QED) is 0.909. The van der Waals surface area contributed by atoms with Crippen molar-refractivity contribution in [1.82, 2.24) is 25.5 Å². The highest BCUT2D eigenvalue weighted by Gasteiger charge is 2.22. The van der Waals surface area contributed by atoms with Gasteiger partial charge in [0.15, 0.2) is 5.76 Å². The molecule has 20 heavy (non-hydrogen) atoms. The summed E-state index contributed by atoms with van der Waals surface area (Å²) in [5.41, 5.74) is 0.0670. The van der Waals surface area contributed by atoms with Gasteiger partial charge in [-0.2, -0.15) is 4.80 Å². The van der Waals surface area contributed by atoms with E-state index in [4.69, 9.17) is 4.42 Å². The zero-order valence-electron chi connectivity index (χ0n) is 12.8. The van der Waals surface area contributed by atoms with E-state index in [2.05, 4.69) is 55.3 Å². The summed E-state index contributed by atoms with van der Waals surface area (Å²) in [5, 5.41) is 16.2. The number of nitrogens with zero attached hydrogens (tertiary/aromatic N) is 4. The normalized spacial score (nSPS) is 13.9. The minimum Gasteiger partial charge on any atom is -0.461 e. The van der Waals surface area contributed by atoms with E-state index in [-0.39, 0.29) is 11.6 Å². The third-order valence-corrected chi connectivity index (χ3v) is 3.08. The number of hydrogen-bond donors (Lipinski definition) is 1. The van der Waals surface area contributed by atoms with Crippen LogP contribution in [0.5, 0.6) is 0 Å². The maximum atomic E-state index is 5.29. The van der Waals surface area contributed by atoms with E-state index in [0.717, 1.165) is 6.54 Å². The third-order valence-electron chi connectivity index (χ3n) is 3.08. The Hall–Kier alpha value is -1.69. The molecule has 2 aromatic heterocycles. The van der Waals surface area contributed by atoms with Crippen molar-refractivity contribution in [2.75, 3.05) is 6.54 Å². The second kappa shape index (κ2) is 5.75. The molecule has 0 amide bonds. The highest BCUT2D eigenvalue weighted by molar-refractivity contribution is 5.43. The summed E-state index contributed by atoms with van der Waals surface area (Å²) >= 11 is 0. The lowest BCUT2D eigenvalue weighted by Gasteiger charge is -2.26. The van der Waals surface area contributed by atoms with Crippen LogP contribution >= 0.6 is 0 Å². The van der Waals surface area contributed by atoms with Crippen molar-refractivity contribution in [3.63, 3.8) is 0 Å². The Bertz CT molecular complexity index is 524. The van der Waals surface area contributed by atoms with Crippen LogP contribution in [0.15, 0.2) is 22.8 Å².